The highest BCUT2D eigenvalue weighted by Gasteiger charge is 2.27. The Morgan fingerprint density at radius 2 is 2.37 bits per heavy atom. The molecular formula is C14H20FN3O. The maximum atomic E-state index is 13.3. The number of amides is 1. The van der Waals surface area contributed by atoms with E-state index >= 15 is 0 Å². The molecule has 4 nitrogen and oxygen atoms in total. The highest BCUT2D eigenvalue weighted by molar-refractivity contribution is 5.77. The molecule has 0 radical (unpaired) electrons. The summed E-state index contributed by atoms with van der Waals surface area (Å²) in [5.74, 6) is -0.262. The van der Waals surface area contributed by atoms with E-state index in [4.69, 9.17) is 5.73 Å². The van der Waals surface area contributed by atoms with Gasteiger partial charge in [0.15, 0.2) is 0 Å². The van der Waals surface area contributed by atoms with Crippen molar-refractivity contribution in [3.8, 4) is 0 Å². The van der Waals surface area contributed by atoms with Crippen molar-refractivity contribution >= 4 is 11.6 Å². The molecule has 19 heavy (non-hydrogen) atoms. The van der Waals surface area contributed by atoms with E-state index in [-0.39, 0.29) is 17.8 Å². The molecule has 1 unspecified atom stereocenters. The molecule has 3 N–H and O–H groups in total. The normalized spacial score (nSPS) is 15.2. The van der Waals surface area contributed by atoms with Crippen molar-refractivity contribution in [1.29, 1.82) is 0 Å². The van der Waals surface area contributed by atoms with Crippen molar-refractivity contribution in [2.45, 2.75) is 25.8 Å². The smallest absolute Gasteiger partial charge is 0.222 e. The first-order valence-corrected chi connectivity index (χ1v) is 6.67. The number of benzene rings is 1. The third-order valence-corrected chi connectivity index (χ3v) is 3.49. The number of nitrogens with two attached hydrogens (primary N) is 1. The number of nitrogens with one attached hydrogen (secondary N) is 1. The van der Waals surface area contributed by atoms with Crippen LogP contribution in [0.25, 0.3) is 0 Å². The molecule has 1 aliphatic rings. The second kappa shape index (κ2) is 6.02. The van der Waals surface area contributed by atoms with Crippen molar-refractivity contribution < 1.29 is 9.18 Å². The monoisotopic (exact) mass is 265 g/mol. The minimum absolute atomic E-state index is 0.0113. The van der Waals surface area contributed by atoms with Crippen LogP contribution in [0.4, 0.5) is 10.1 Å². The summed E-state index contributed by atoms with van der Waals surface area (Å²) in [5.41, 5.74) is 7.77. The van der Waals surface area contributed by atoms with Gasteiger partial charge in [-0.25, -0.2) is 4.39 Å². The van der Waals surface area contributed by atoms with Gasteiger partial charge in [-0.15, -0.1) is 0 Å². The van der Waals surface area contributed by atoms with Gasteiger partial charge in [0, 0.05) is 37.8 Å². The van der Waals surface area contributed by atoms with Gasteiger partial charge in [0.1, 0.15) is 5.82 Å². The molecular weight excluding hydrogens is 245 g/mol. The molecule has 0 aromatic heterocycles. The van der Waals surface area contributed by atoms with Gasteiger partial charge in [0.25, 0.3) is 0 Å². The third-order valence-electron chi connectivity index (χ3n) is 3.49. The number of hydrogen-bond acceptors (Lipinski definition) is 3. The molecule has 0 spiro atoms. The fourth-order valence-corrected chi connectivity index (χ4v) is 2.56. The topological polar surface area (TPSA) is 58.4 Å². The second-order valence-corrected chi connectivity index (χ2v) is 4.76. The number of anilines is 1. The fraction of sp³-hybridized carbons (Fsp3) is 0.500. The van der Waals surface area contributed by atoms with Gasteiger partial charge in [-0.3, -0.25) is 4.79 Å². The molecule has 0 saturated carbocycles. The molecule has 1 aliphatic heterocycles. The van der Waals surface area contributed by atoms with Crippen LogP contribution in [-0.2, 0) is 11.2 Å². The van der Waals surface area contributed by atoms with Gasteiger partial charge in [0.05, 0.1) is 0 Å². The van der Waals surface area contributed by atoms with E-state index < -0.39 is 0 Å². The van der Waals surface area contributed by atoms with Crippen molar-refractivity contribution in [1.82, 2.24) is 5.32 Å². The summed E-state index contributed by atoms with van der Waals surface area (Å²) in [4.78, 5) is 13.7. The number of rotatable bonds is 5. The van der Waals surface area contributed by atoms with Gasteiger partial charge in [-0.1, -0.05) is 6.07 Å². The van der Waals surface area contributed by atoms with Gasteiger partial charge in [-0.05, 0) is 31.0 Å². The Bertz CT molecular complexity index is 464. The van der Waals surface area contributed by atoms with Crippen LogP contribution in [0.15, 0.2) is 18.2 Å². The first-order valence-electron chi connectivity index (χ1n) is 6.67. The first-order chi connectivity index (χ1) is 9.15. The van der Waals surface area contributed by atoms with E-state index in [1.807, 2.05) is 17.9 Å². The average Bonchev–Trinajstić information content (AvgIpc) is 2.79. The third kappa shape index (κ3) is 3.04. The van der Waals surface area contributed by atoms with Crippen LogP contribution in [0, 0.1) is 5.82 Å². The Kier molecular flexibility index (Phi) is 4.37. The van der Waals surface area contributed by atoms with Crippen LogP contribution >= 0.6 is 0 Å². The largest absolute Gasteiger partial charge is 0.366 e. The second-order valence-electron chi connectivity index (χ2n) is 4.76. The minimum atomic E-state index is -0.251. The lowest BCUT2D eigenvalue weighted by molar-refractivity contribution is -0.121. The minimum Gasteiger partial charge on any atom is -0.366 e. The van der Waals surface area contributed by atoms with Crippen molar-refractivity contribution in [2.24, 2.45) is 5.73 Å². The summed E-state index contributed by atoms with van der Waals surface area (Å²) in [6, 6.07) is 4.74. The van der Waals surface area contributed by atoms with Gasteiger partial charge < -0.3 is 16.0 Å². The average molecular weight is 265 g/mol. The van der Waals surface area contributed by atoms with Crippen molar-refractivity contribution in [2.75, 3.05) is 24.5 Å². The number of fused-ring (bicyclic) bond motifs is 1. The molecule has 0 fully saturated rings. The molecule has 0 bridgehead atoms. The van der Waals surface area contributed by atoms with E-state index in [1.54, 1.807) is 0 Å². The van der Waals surface area contributed by atoms with E-state index in [0.29, 0.717) is 19.5 Å². The Hall–Kier alpha value is -1.62. The van der Waals surface area contributed by atoms with Crippen LogP contribution in [0.1, 0.15) is 18.9 Å². The molecule has 1 amide bonds. The zero-order valence-corrected chi connectivity index (χ0v) is 11.2. The van der Waals surface area contributed by atoms with Gasteiger partial charge >= 0.3 is 0 Å². The number of carbonyl (C=O) groups excluding carboxylic acids is 1. The van der Waals surface area contributed by atoms with Crippen molar-refractivity contribution in [3.63, 3.8) is 0 Å². The summed E-state index contributed by atoms with van der Waals surface area (Å²) in [5, 5.41) is 2.77. The molecule has 0 saturated heterocycles. The summed E-state index contributed by atoms with van der Waals surface area (Å²) in [6.45, 7) is 3.67. The van der Waals surface area contributed by atoms with Crippen molar-refractivity contribution in [3.05, 3.63) is 29.6 Å². The van der Waals surface area contributed by atoms with E-state index in [0.717, 1.165) is 24.2 Å². The molecule has 1 aromatic rings. The first kappa shape index (κ1) is 13.8. The number of carbonyl (C=O) groups is 1. The van der Waals surface area contributed by atoms with Crippen LogP contribution in [0.5, 0.6) is 0 Å². The van der Waals surface area contributed by atoms with Gasteiger partial charge in [0.2, 0.25) is 5.91 Å². The molecule has 2 rings (SSSR count). The van der Waals surface area contributed by atoms with E-state index in [1.165, 1.54) is 12.1 Å². The Morgan fingerprint density at radius 1 is 1.58 bits per heavy atom. The molecule has 1 heterocycles. The zero-order chi connectivity index (χ0) is 13.8. The Labute approximate surface area is 112 Å². The highest BCUT2D eigenvalue weighted by atomic mass is 19.1. The highest BCUT2D eigenvalue weighted by Crippen LogP contribution is 2.30. The number of hydrogen-bond donors (Lipinski definition) is 2. The lowest BCUT2D eigenvalue weighted by Gasteiger charge is -2.29. The Balaban J connectivity index is 2.13. The zero-order valence-electron chi connectivity index (χ0n) is 11.2. The standard InChI is InChI=1S/C14H20FN3O/c1-2-17-14(19)8-12(9-16)18-6-5-10-3-4-11(15)7-13(10)18/h3-4,7,12H,2,5-6,8-9,16H2,1H3,(H,17,19). The van der Waals surface area contributed by atoms with Crippen LogP contribution < -0.4 is 16.0 Å². The SMILES string of the molecule is CCNC(=O)CC(CN)N1CCc2ccc(F)cc21. The predicted octanol–water partition coefficient (Wildman–Crippen LogP) is 1.04. The van der Waals surface area contributed by atoms with Crippen LogP contribution in [0.3, 0.4) is 0 Å². The van der Waals surface area contributed by atoms with Crippen LogP contribution in [0.2, 0.25) is 0 Å². The lowest BCUT2D eigenvalue weighted by Crippen LogP contribution is -2.43. The quantitative estimate of drug-likeness (QED) is 0.836. The Morgan fingerprint density at radius 3 is 3.05 bits per heavy atom. The molecule has 1 atom stereocenters. The summed E-state index contributed by atoms with van der Waals surface area (Å²) in [7, 11) is 0. The summed E-state index contributed by atoms with van der Waals surface area (Å²) >= 11 is 0. The molecule has 104 valence electrons. The van der Waals surface area contributed by atoms with Gasteiger partial charge in [-0.2, -0.15) is 0 Å². The maximum Gasteiger partial charge on any atom is 0.222 e. The fourth-order valence-electron chi connectivity index (χ4n) is 2.56. The molecule has 5 heteroatoms. The summed E-state index contributed by atoms with van der Waals surface area (Å²) < 4.78 is 13.3. The van der Waals surface area contributed by atoms with Crippen LogP contribution in [-0.4, -0.2) is 31.6 Å². The lowest BCUT2D eigenvalue weighted by atomic mass is 10.1. The summed E-state index contributed by atoms with van der Waals surface area (Å²) in [6.07, 6.45) is 1.22. The predicted molar refractivity (Wildman–Crippen MR) is 73.6 cm³/mol. The number of halogens is 1. The van der Waals surface area contributed by atoms with E-state index in [2.05, 4.69) is 5.32 Å². The molecule has 0 aliphatic carbocycles. The van der Waals surface area contributed by atoms with E-state index in [9.17, 15) is 9.18 Å². The maximum absolute atomic E-state index is 13.3. The number of nitrogens with zero attached hydrogens (tertiary/aromatic N) is 1. The molecule has 1 aromatic carbocycles.